The largest absolute Gasteiger partial charge is 0.481 e. The Morgan fingerprint density at radius 1 is 1.52 bits per heavy atom. The average molecular weight is 312 g/mol. The van der Waals surface area contributed by atoms with E-state index in [0.717, 1.165) is 17.8 Å². The summed E-state index contributed by atoms with van der Waals surface area (Å²) in [7, 11) is 0. The van der Waals surface area contributed by atoms with E-state index in [1.807, 2.05) is 0 Å². The quantitative estimate of drug-likeness (QED) is 0.835. The molecule has 1 atom stereocenters. The Bertz CT molecular complexity index is 535. The maximum absolute atomic E-state index is 12.4. The van der Waals surface area contributed by atoms with Crippen molar-refractivity contribution in [2.24, 2.45) is 0 Å². The number of amides is 1. The maximum atomic E-state index is 12.4. The molecule has 1 aromatic rings. The summed E-state index contributed by atoms with van der Waals surface area (Å²) in [4.78, 5) is 28.4. The number of aryl methyl sites for hydroxylation is 2. The Morgan fingerprint density at radius 3 is 2.86 bits per heavy atom. The summed E-state index contributed by atoms with van der Waals surface area (Å²) in [6.07, 6.45) is 2.22. The molecule has 2 N–H and O–H groups in total. The smallest absolute Gasteiger partial charge is 0.305 e. The maximum Gasteiger partial charge on any atom is 0.305 e. The Balaban J connectivity index is 2.13. The summed E-state index contributed by atoms with van der Waals surface area (Å²) < 4.78 is 5.28. The van der Waals surface area contributed by atoms with Crippen LogP contribution in [0.15, 0.2) is 0 Å². The van der Waals surface area contributed by atoms with Crippen LogP contribution in [0.25, 0.3) is 0 Å². The number of rotatable bonds is 6. The van der Waals surface area contributed by atoms with Crippen LogP contribution in [-0.2, 0) is 16.0 Å². The standard InChI is InChI=1S/C14H20N2O4S/c1-3-4-10-15-9(2)12(21-10)13(19)16-14(7-11(17)18)5-6-20-8-14/h3-8H2,1-2H3,(H,16,19)(H,17,18). The first-order valence-corrected chi connectivity index (χ1v) is 7.86. The van der Waals surface area contributed by atoms with Crippen molar-refractivity contribution in [3.8, 4) is 0 Å². The first-order chi connectivity index (χ1) is 9.96. The van der Waals surface area contributed by atoms with E-state index in [4.69, 9.17) is 9.84 Å². The lowest BCUT2D eigenvalue weighted by atomic mass is 9.94. The minimum absolute atomic E-state index is 0.127. The van der Waals surface area contributed by atoms with E-state index >= 15 is 0 Å². The van der Waals surface area contributed by atoms with Crippen molar-refractivity contribution >= 4 is 23.2 Å². The molecule has 0 bridgehead atoms. The second kappa shape index (κ2) is 6.53. The van der Waals surface area contributed by atoms with Gasteiger partial charge in [0, 0.05) is 6.61 Å². The predicted octanol–water partition coefficient (Wildman–Crippen LogP) is 1.77. The number of carbonyl (C=O) groups excluding carboxylic acids is 1. The Kier molecular flexibility index (Phi) is 4.95. The van der Waals surface area contributed by atoms with Gasteiger partial charge < -0.3 is 15.2 Å². The number of carboxylic acids is 1. The van der Waals surface area contributed by atoms with Crippen molar-refractivity contribution in [2.45, 2.75) is 45.1 Å². The minimum atomic E-state index is -0.937. The molecule has 1 aliphatic rings. The monoisotopic (exact) mass is 312 g/mol. The zero-order valence-corrected chi connectivity index (χ0v) is 13.1. The molecule has 1 fully saturated rings. The van der Waals surface area contributed by atoms with Crippen LogP contribution in [0.4, 0.5) is 0 Å². The van der Waals surface area contributed by atoms with Gasteiger partial charge in [0.15, 0.2) is 0 Å². The average Bonchev–Trinajstić information content (AvgIpc) is 2.96. The lowest BCUT2D eigenvalue weighted by Crippen LogP contribution is -2.50. The van der Waals surface area contributed by atoms with Gasteiger partial charge in [-0.05, 0) is 26.2 Å². The van der Waals surface area contributed by atoms with Crippen molar-refractivity contribution in [1.82, 2.24) is 10.3 Å². The summed E-state index contributed by atoms with van der Waals surface area (Å²) in [5.74, 6) is -1.19. The molecule has 0 aliphatic carbocycles. The van der Waals surface area contributed by atoms with Crippen molar-refractivity contribution in [3.63, 3.8) is 0 Å². The molecular formula is C14H20N2O4S. The van der Waals surface area contributed by atoms with E-state index in [1.165, 1.54) is 11.3 Å². The van der Waals surface area contributed by atoms with Gasteiger partial charge in [0.25, 0.3) is 5.91 Å². The molecule has 1 amide bonds. The summed E-state index contributed by atoms with van der Waals surface area (Å²) in [5, 5.41) is 12.8. The fraction of sp³-hybridized carbons (Fsp3) is 0.643. The van der Waals surface area contributed by atoms with Gasteiger partial charge in [-0.15, -0.1) is 11.3 Å². The zero-order valence-electron chi connectivity index (χ0n) is 12.3. The first kappa shape index (κ1) is 15.9. The highest BCUT2D eigenvalue weighted by molar-refractivity contribution is 7.13. The highest BCUT2D eigenvalue weighted by Gasteiger charge is 2.39. The van der Waals surface area contributed by atoms with E-state index in [-0.39, 0.29) is 18.9 Å². The third kappa shape index (κ3) is 3.79. The molecular weight excluding hydrogens is 292 g/mol. The lowest BCUT2D eigenvalue weighted by molar-refractivity contribution is -0.138. The molecule has 1 aliphatic heterocycles. The van der Waals surface area contributed by atoms with Crippen molar-refractivity contribution < 1.29 is 19.4 Å². The van der Waals surface area contributed by atoms with E-state index in [2.05, 4.69) is 17.2 Å². The number of carboxylic acid groups (broad SMARTS) is 1. The minimum Gasteiger partial charge on any atom is -0.481 e. The lowest BCUT2D eigenvalue weighted by Gasteiger charge is -2.26. The van der Waals surface area contributed by atoms with E-state index in [0.29, 0.717) is 23.6 Å². The third-order valence-corrected chi connectivity index (χ3v) is 4.70. The van der Waals surface area contributed by atoms with Crippen LogP contribution >= 0.6 is 11.3 Å². The predicted molar refractivity (Wildman–Crippen MR) is 78.7 cm³/mol. The second-order valence-corrected chi connectivity index (χ2v) is 6.46. The number of nitrogens with one attached hydrogen (secondary N) is 1. The Hall–Kier alpha value is -1.47. The molecule has 2 heterocycles. The summed E-state index contributed by atoms with van der Waals surface area (Å²) >= 11 is 1.38. The van der Waals surface area contributed by atoms with Gasteiger partial charge in [0.1, 0.15) is 4.88 Å². The van der Waals surface area contributed by atoms with Gasteiger partial charge in [-0.1, -0.05) is 6.92 Å². The third-order valence-electron chi connectivity index (χ3n) is 3.48. The van der Waals surface area contributed by atoms with Crippen molar-refractivity contribution in [1.29, 1.82) is 0 Å². The molecule has 6 nitrogen and oxygen atoms in total. The summed E-state index contributed by atoms with van der Waals surface area (Å²) in [6.45, 7) is 4.58. The van der Waals surface area contributed by atoms with Gasteiger partial charge in [-0.25, -0.2) is 4.98 Å². The number of hydrogen-bond acceptors (Lipinski definition) is 5. The van der Waals surface area contributed by atoms with E-state index < -0.39 is 11.5 Å². The molecule has 116 valence electrons. The van der Waals surface area contributed by atoms with Crippen molar-refractivity contribution in [2.75, 3.05) is 13.2 Å². The summed E-state index contributed by atoms with van der Waals surface area (Å²) in [5.41, 5.74) is -0.102. The molecule has 1 saturated heterocycles. The number of carbonyl (C=O) groups is 2. The van der Waals surface area contributed by atoms with E-state index in [1.54, 1.807) is 6.92 Å². The van der Waals surface area contributed by atoms with Crippen LogP contribution in [0.3, 0.4) is 0 Å². The van der Waals surface area contributed by atoms with Crippen LogP contribution in [0.5, 0.6) is 0 Å². The highest BCUT2D eigenvalue weighted by atomic mass is 32.1. The molecule has 2 rings (SSSR count). The van der Waals surface area contributed by atoms with Crippen LogP contribution in [0.1, 0.15) is 46.6 Å². The Labute approximate surface area is 127 Å². The molecule has 0 saturated carbocycles. The summed E-state index contributed by atoms with van der Waals surface area (Å²) in [6, 6.07) is 0. The molecule has 1 aromatic heterocycles. The number of aliphatic carboxylic acids is 1. The molecule has 0 aromatic carbocycles. The van der Waals surface area contributed by atoms with Crippen LogP contribution in [0, 0.1) is 6.92 Å². The van der Waals surface area contributed by atoms with Gasteiger partial charge in [-0.3, -0.25) is 9.59 Å². The number of nitrogens with zero attached hydrogens (tertiary/aromatic N) is 1. The Morgan fingerprint density at radius 2 is 2.29 bits per heavy atom. The molecule has 0 radical (unpaired) electrons. The van der Waals surface area contributed by atoms with Crippen LogP contribution in [0.2, 0.25) is 0 Å². The second-order valence-electron chi connectivity index (χ2n) is 5.38. The number of aromatic nitrogens is 1. The number of hydrogen-bond donors (Lipinski definition) is 2. The molecule has 7 heteroatoms. The number of thiazole rings is 1. The van der Waals surface area contributed by atoms with Gasteiger partial charge in [0.05, 0.1) is 29.3 Å². The number of ether oxygens (including phenoxy) is 1. The fourth-order valence-corrected chi connectivity index (χ4v) is 3.52. The first-order valence-electron chi connectivity index (χ1n) is 7.04. The highest BCUT2D eigenvalue weighted by Crippen LogP contribution is 2.25. The zero-order chi connectivity index (χ0) is 15.5. The van der Waals surface area contributed by atoms with Crippen LogP contribution < -0.4 is 5.32 Å². The van der Waals surface area contributed by atoms with E-state index in [9.17, 15) is 9.59 Å². The molecule has 21 heavy (non-hydrogen) atoms. The molecule has 0 spiro atoms. The SMILES string of the molecule is CCCc1nc(C)c(C(=O)NC2(CC(=O)O)CCOC2)s1. The topological polar surface area (TPSA) is 88.5 Å². The van der Waals surface area contributed by atoms with Gasteiger partial charge >= 0.3 is 5.97 Å². The normalized spacial score (nSPS) is 21.4. The molecule has 1 unspecified atom stereocenters. The van der Waals surface area contributed by atoms with Crippen LogP contribution in [-0.4, -0.2) is 40.7 Å². The van der Waals surface area contributed by atoms with Gasteiger partial charge in [-0.2, -0.15) is 0 Å². The van der Waals surface area contributed by atoms with Crippen molar-refractivity contribution in [3.05, 3.63) is 15.6 Å². The fourth-order valence-electron chi connectivity index (χ4n) is 2.46. The van der Waals surface area contributed by atoms with Gasteiger partial charge in [0.2, 0.25) is 0 Å².